The van der Waals surface area contributed by atoms with Gasteiger partial charge in [0.2, 0.25) is 11.8 Å². The van der Waals surface area contributed by atoms with E-state index in [0.29, 0.717) is 19.0 Å². The summed E-state index contributed by atoms with van der Waals surface area (Å²) in [5.74, 6) is 0.339. The summed E-state index contributed by atoms with van der Waals surface area (Å²) in [6, 6.07) is 6.57. The summed E-state index contributed by atoms with van der Waals surface area (Å²) in [7, 11) is 0. The molecule has 110 valence electrons. The van der Waals surface area contributed by atoms with Gasteiger partial charge in [0.25, 0.3) is 0 Å². The summed E-state index contributed by atoms with van der Waals surface area (Å²) >= 11 is 0. The molecular formula is C15H22N2O3. The molecular weight excluding hydrogens is 256 g/mol. The molecule has 1 rings (SSSR count). The molecule has 0 aliphatic rings. The molecule has 0 saturated heterocycles. The quantitative estimate of drug-likeness (QED) is 0.701. The number of hydrogen-bond donors (Lipinski definition) is 3. The number of aromatic hydroxyl groups is 1. The van der Waals surface area contributed by atoms with E-state index in [0.717, 1.165) is 5.56 Å². The fourth-order valence-electron chi connectivity index (χ4n) is 1.64. The van der Waals surface area contributed by atoms with Gasteiger partial charge in [-0.1, -0.05) is 26.0 Å². The SMILES string of the molecule is CC(C)CNC(=O)CCNC(=O)Cc1cccc(O)c1. The Morgan fingerprint density at radius 2 is 1.95 bits per heavy atom. The van der Waals surface area contributed by atoms with Crippen molar-refractivity contribution in [3.63, 3.8) is 0 Å². The zero-order valence-electron chi connectivity index (χ0n) is 12.0. The first-order chi connectivity index (χ1) is 9.47. The van der Waals surface area contributed by atoms with Crippen LogP contribution in [-0.2, 0) is 16.0 Å². The van der Waals surface area contributed by atoms with Gasteiger partial charge in [-0.2, -0.15) is 0 Å². The van der Waals surface area contributed by atoms with E-state index in [2.05, 4.69) is 10.6 Å². The zero-order chi connectivity index (χ0) is 15.0. The molecule has 20 heavy (non-hydrogen) atoms. The lowest BCUT2D eigenvalue weighted by molar-refractivity contribution is -0.122. The Morgan fingerprint density at radius 3 is 2.60 bits per heavy atom. The second-order valence-electron chi connectivity index (χ2n) is 5.14. The number of amides is 2. The van der Waals surface area contributed by atoms with Crippen LogP contribution in [0, 0.1) is 5.92 Å². The van der Waals surface area contributed by atoms with Crippen LogP contribution in [0.25, 0.3) is 0 Å². The zero-order valence-corrected chi connectivity index (χ0v) is 12.0. The number of nitrogens with one attached hydrogen (secondary N) is 2. The van der Waals surface area contributed by atoms with E-state index < -0.39 is 0 Å². The van der Waals surface area contributed by atoms with Gasteiger partial charge in [0.05, 0.1) is 6.42 Å². The third-order valence-corrected chi connectivity index (χ3v) is 2.66. The van der Waals surface area contributed by atoms with E-state index in [1.54, 1.807) is 24.3 Å². The van der Waals surface area contributed by atoms with Crippen LogP contribution in [0.2, 0.25) is 0 Å². The van der Waals surface area contributed by atoms with E-state index in [1.165, 1.54) is 0 Å². The number of rotatable bonds is 7. The molecule has 5 heteroatoms. The lowest BCUT2D eigenvalue weighted by Crippen LogP contribution is -2.32. The number of benzene rings is 1. The minimum Gasteiger partial charge on any atom is -0.508 e. The fraction of sp³-hybridized carbons (Fsp3) is 0.467. The summed E-state index contributed by atoms with van der Waals surface area (Å²) in [5, 5.41) is 14.8. The van der Waals surface area contributed by atoms with Crippen LogP contribution in [0.15, 0.2) is 24.3 Å². The highest BCUT2D eigenvalue weighted by Crippen LogP contribution is 2.11. The van der Waals surface area contributed by atoms with E-state index in [9.17, 15) is 14.7 Å². The van der Waals surface area contributed by atoms with Gasteiger partial charge in [-0.15, -0.1) is 0 Å². The molecule has 0 aliphatic carbocycles. The Labute approximate surface area is 119 Å². The van der Waals surface area contributed by atoms with Gasteiger partial charge in [-0.25, -0.2) is 0 Å². The van der Waals surface area contributed by atoms with Crippen LogP contribution >= 0.6 is 0 Å². The fourth-order valence-corrected chi connectivity index (χ4v) is 1.64. The number of phenolic OH excluding ortho intramolecular Hbond substituents is 1. The molecule has 0 aromatic heterocycles. The average molecular weight is 278 g/mol. The number of phenols is 1. The van der Waals surface area contributed by atoms with E-state index >= 15 is 0 Å². The van der Waals surface area contributed by atoms with Crippen LogP contribution in [0.3, 0.4) is 0 Å². The van der Waals surface area contributed by atoms with Gasteiger partial charge in [-0.05, 0) is 23.6 Å². The van der Waals surface area contributed by atoms with Crippen molar-refractivity contribution < 1.29 is 14.7 Å². The smallest absolute Gasteiger partial charge is 0.224 e. The molecule has 5 nitrogen and oxygen atoms in total. The summed E-state index contributed by atoms with van der Waals surface area (Å²) in [4.78, 5) is 23.1. The normalized spacial score (nSPS) is 10.3. The molecule has 0 saturated carbocycles. The molecule has 0 atom stereocenters. The first-order valence-corrected chi connectivity index (χ1v) is 6.78. The van der Waals surface area contributed by atoms with Crippen LogP contribution in [-0.4, -0.2) is 30.0 Å². The minimum atomic E-state index is -0.160. The summed E-state index contributed by atoms with van der Waals surface area (Å²) in [5.41, 5.74) is 0.742. The average Bonchev–Trinajstić information content (AvgIpc) is 2.36. The molecule has 0 aliphatic heterocycles. The maximum absolute atomic E-state index is 11.6. The molecule has 0 spiro atoms. The van der Waals surface area contributed by atoms with Gasteiger partial charge < -0.3 is 15.7 Å². The largest absolute Gasteiger partial charge is 0.508 e. The second kappa shape index (κ2) is 8.19. The lowest BCUT2D eigenvalue weighted by atomic mass is 10.1. The Hall–Kier alpha value is -2.04. The highest BCUT2D eigenvalue weighted by atomic mass is 16.3. The number of carbonyl (C=O) groups is 2. The standard InChI is InChI=1S/C15H22N2O3/c1-11(2)10-17-14(19)6-7-16-15(20)9-12-4-3-5-13(18)8-12/h3-5,8,11,18H,6-7,9-10H2,1-2H3,(H,16,20)(H,17,19). The summed E-state index contributed by atoms with van der Waals surface area (Å²) in [6.07, 6.45) is 0.473. The summed E-state index contributed by atoms with van der Waals surface area (Å²) < 4.78 is 0. The monoisotopic (exact) mass is 278 g/mol. The van der Waals surface area contributed by atoms with Gasteiger partial charge in [0, 0.05) is 19.5 Å². The van der Waals surface area contributed by atoms with Gasteiger partial charge in [0.1, 0.15) is 5.75 Å². The Balaban J connectivity index is 2.22. The molecule has 0 bridgehead atoms. The topological polar surface area (TPSA) is 78.4 Å². The third-order valence-electron chi connectivity index (χ3n) is 2.66. The molecule has 0 radical (unpaired) electrons. The van der Waals surface area contributed by atoms with Crippen molar-refractivity contribution in [3.8, 4) is 5.75 Å². The number of hydrogen-bond acceptors (Lipinski definition) is 3. The molecule has 3 N–H and O–H groups in total. The van der Waals surface area contributed by atoms with Crippen molar-refractivity contribution in [2.45, 2.75) is 26.7 Å². The third kappa shape index (κ3) is 6.78. The molecule has 0 heterocycles. The van der Waals surface area contributed by atoms with Crippen molar-refractivity contribution in [2.24, 2.45) is 5.92 Å². The maximum atomic E-state index is 11.6. The van der Waals surface area contributed by atoms with Crippen molar-refractivity contribution in [1.29, 1.82) is 0 Å². The highest BCUT2D eigenvalue weighted by molar-refractivity contribution is 5.80. The van der Waals surface area contributed by atoms with E-state index in [-0.39, 0.29) is 30.4 Å². The summed E-state index contributed by atoms with van der Waals surface area (Å²) in [6.45, 7) is 5.02. The first-order valence-electron chi connectivity index (χ1n) is 6.78. The van der Waals surface area contributed by atoms with E-state index in [1.807, 2.05) is 13.8 Å². The molecule has 1 aromatic rings. The Kier molecular flexibility index (Phi) is 6.56. The van der Waals surface area contributed by atoms with Gasteiger partial charge in [-0.3, -0.25) is 9.59 Å². The Bertz CT molecular complexity index is 458. The molecule has 0 fully saturated rings. The molecule has 0 unspecified atom stereocenters. The van der Waals surface area contributed by atoms with Crippen molar-refractivity contribution >= 4 is 11.8 Å². The first kappa shape index (κ1) is 16.0. The van der Waals surface area contributed by atoms with Gasteiger partial charge in [0.15, 0.2) is 0 Å². The van der Waals surface area contributed by atoms with Gasteiger partial charge >= 0.3 is 0 Å². The molecule has 1 aromatic carbocycles. The van der Waals surface area contributed by atoms with Crippen molar-refractivity contribution in [3.05, 3.63) is 29.8 Å². The van der Waals surface area contributed by atoms with Crippen molar-refractivity contribution in [2.75, 3.05) is 13.1 Å². The second-order valence-corrected chi connectivity index (χ2v) is 5.14. The Morgan fingerprint density at radius 1 is 1.20 bits per heavy atom. The number of carbonyl (C=O) groups excluding carboxylic acids is 2. The van der Waals surface area contributed by atoms with Crippen molar-refractivity contribution in [1.82, 2.24) is 10.6 Å². The van der Waals surface area contributed by atoms with Crippen LogP contribution in [0.5, 0.6) is 5.75 Å². The van der Waals surface area contributed by atoms with Crippen LogP contribution in [0.1, 0.15) is 25.8 Å². The maximum Gasteiger partial charge on any atom is 0.224 e. The lowest BCUT2D eigenvalue weighted by Gasteiger charge is -2.08. The highest BCUT2D eigenvalue weighted by Gasteiger charge is 2.06. The minimum absolute atomic E-state index is 0.0589. The van der Waals surface area contributed by atoms with Crippen LogP contribution in [0.4, 0.5) is 0 Å². The molecule has 2 amide bonds. The predicted molar refractivity (Wildman–Crippen MR) is 77.3 cm³/mol. The van der Waals surface area contributed by atoms with Crippen LogP contribution < -0.4 is 10.6 Å². The van der Waals surface area contributed by atoms with E-state index in [4.69, 9.17) is 0 Å². The predicted octanol–water partition coefficient (Wildman–Crippen LogP) is 1.21.